The van der Waals surface area contributed by atoms with Gasteiger partial charge in [0.2, 0.25) is 0 Å². The van der Waals surface area contributed by atoms with E-state index in [2.05, 4.69) is 4.72 Å². The molecule has 0 spiro atoms. The van der Waals surface area contributed by atoms with Gasteiger partial charge < -0.3 is 23.7 Å². The summed E-state index contributed by atoms with van der Waals surface area (Å²) in [4.78, 5) is 6.57. The number of nitrogens with one attached hydrogen (secondary N) is 1. The van der Waals surface area contributed by atoms with Crippen molar-refractivity contribution in [3.63, 3.8) is 0 Å². The van der Waals surface area contributed by atoms with Crippen LogP contribution >= 0.6 is 11.8 Å². The molecule has 0 amide bonds. The number of alkyl halides is 3. The predicted octanol–water partition coefficient (Wildman–Crippen LogP) is 4.90. The van der Waals surface area contributed by atoms with Gasteiger partial charge in [-0.05, 0) is 31.9 Å². The number of hydrogen-bond acceptors (Lipinski definition) is 8. The Balaban J connectivity index is 1.72. The van der Waals surface area contributed by atoms with Crippen molar-refractivity contribution in [3.05, 3.63) is 71.8 Å². The number of halogens is 3. The first-order chi connectivity index (χ1) is 18.8. The Hall–Kier alpha value is -1.80. The van der Waals surface area contributed by atoms with Crippen LogP contribution in [0.4, 0.5) is 13.2 Å². The number of ether oxygens (including phenoxy) is 3. The van der Waals surface area contributed by atoms with Crippen LogP contribution in [0.15, 0.2) is 65.7 Å². The van der Waals surface area contributed by atoms with E-state index in [0.29, 0.717) is 5.17 Å². The zero-order chi connectivity index (χ0) is 29.1. The first kappa shape index (κ1) is 31.1. The smallest absolute Gasteiger partial charge is 0.410 e. The van der Waals surface area contributed by atoms with Crippen LogP contribution in [0.2, 0.25) is 0 Å². The quantitative estimate of drug-likeness (QED) is 0.411. The predicted molar refractivity (Wildman–Crippen MR) is 152 cm³/mol. The maximum atomic E-state index is 14.7. The molecule has 2 heterocycles. The molecule has 2 aromatic rings. The lowest BCUT2D eigenvalue weighted by Gasteiger charge is -2.45. The number of thioether (sulfide) groups is 1. The zero-order valence-electron chi connectivity index (χ0n) is 23.1. The highest BCUT2D eigenvalue weighted by atomic mass is 32.2. The molecule has 2 aromatic carbocycles. The number of benzene rings is 2. The third-order valence-electron chi connectivity index (χ3n) is 6.46. The molecule has 0 aliphatic carbocycles. The van der Waals surface area contributed by atoms with E-state index in [9.17, 15) is 17.7 Å². The fourth-order valence-corrected chi connectivity index (χ4v) is 6.35. The molecule has 0 saturated carbocycles. The van der Waals surface area contributed by atoms with E-state index in [1.165, 1.54) is 11.8 Å². The third-order valence-corrected chi connectivity index (χ3v) is 9.34. The Bertz CT molecular complexity index is 1120. The third kappa shape index (κ3) is 7.72. The molecule has 1 N–H and O–H groups in total. The molecule has 1 fully saturated rings. The highest BCUT2D eigenvalue weighted by molar-refractivity contribution is 8.14. The number of amidine groups is 1. The van der Waals surface area contributed by atoms with Crippen molar-refractivity contribution in [3.8, 4) is 0 Å². The number of nitrogens with zero attached hydrogens (tertiary/aromatic N) is 2. The van der Waals surface area contributed by atoms with Crippen molar-refractivity contribution in [2.45, 2.75) is 80.7 Å². The SMILES string of the molecule is CN(C)C1=N[C@@H]2[C@@H](OCc3ccccc3)[C@@H](OCc3ccccc3)[C@@H](C(N[S+]([O-])C(C)(C)C)C(F)(F)F)O[C@@H]2S1. The molecule has 12 heteroatoms. The largest absolute Gasteiger partial charge is 0.598 e. The average Bonchev–Trinajstić information content (AvgIpc) is 3.33. The van der Waals surface area contributed by atoms with Gasteiger partial charge in [0.15, 0.2) is 11.2 Å². The van der Waals surface area contributed by atoms with Crippen LogP contribution in [0.25, 0.3) is 0 Å². The Morgan fingerprint density at radius 1 is 0.975 bits per heavy atom. The van der Waals surface area contributed by atoms with Crippen molar-refractivity contribution < 1.29 is 31.9 Å². The van der Waals surface area contributed by atoms with Crippen LogP contribution in [0.3, 0.4) is 0 Å². The average molecular weight is 600 g/mol. The summed E-state index contributed by atoms with van der Waals surface area (Å²) in [5.41, 5.74) is 0.915. The lowest BCUT2D eigenvalue weighted by atomic mass is 9.93. The van der Waals surface area contributed by atoms with Crippen molar-refractivity contribution in [1.29, 1.82) is 0 Å². The summed E-state index contributed by atoms with van der Waals surface area (Å²) < 4.78 is 77.2. The highest BCUT2D eigenvalue weighted by Gasteiger charge is 2.60. The summed E-state index contributed by atoms with van der Waals surface area (Å²) in [6.45, 7) is 5.03. The molecule has 0 radical (unpaired) electrons. The van der Waals surface area contributed by atoms with Gasteiger partial charge in [-0.25, -0.2) is 0 Å². The normalized spacial score (nSPS) is 26.6. The van der Waals surface area contributed by atoms with Gasteiger partial charge in [0.05, 0.1) is 13.2 Å². The molecule has 4 rings (SSSR count). The summed E-state index contributed by atoms with van der Waals surface area (Å²) in [6.07, 6.45) is -8.38. The Labute approximate surface area is 241 Å². The van der Waals surface area contributed by atoms with Crippen LogP contribution in [0.1, 0.15) is 31.9 Å². The molecular formula is C28H36F3N3O4S2. The van der Waals surface area contributed by atoms with Crippen molar-refractivity contribution in [2.24, 2.45) is 4.99 Å². The van der Waals surface area contributed by atoms with Gasteiger partial charge in [-0.1, -0.05) is 72.4 Å². The second-order valence-electron chi connectivity index (χ2n) is 10.9. The maximum Gasteiger partial charge on any atom is 0.410 e. The van der Waals surface area contributed by atoms with Crippen molar-refractivity contribution >= 4 is 28.3 Å². The second kappa shape index (κ2) is 13.0. The molecule has 40 heavy (non-hydrogen) atoms. The molecule has 2 aliphatic heterocycles. The van der Waals surface area contributed by atoms with Gasteiger partial charge in [-0.3, -0.25) is 4.99 Å². The van der Waals surface area contributed by atoms with E-state index in [0.717, 1.165) is 11.1 Å². The van der Waals surface area contributed by atoms with Gasteiger partial charge >= 0.3 is 6.18 Å². The van der Waals surface area contributed by atoms with Crippen LogP contribution in [0, 0.1) is 0 Å². The number of rotatable bonds is 9. The number of fused-ring (bicyclic) bond motifs is 1. The van der Waals surface area contributed by atoms with Gasteiger partial charge in [0.25, 0.3) is 0 Å². The standard InChI is InChI=1S/C28H36F3N3O4S2/c1-27(2,3)40(35)33-24(28(29,30)31)23-22(37-17-19-14-10-7-11-15-19)21(36-16-18-12-8-6-9-13-18)20-25(38-23)39-26(32-20)34(4)5/h6-15,20-25,33H,16-17H2,1-5H3/t20-,21-,22-,23+,24?,25-,40?/m1/s1. The summed E-state index contributed by atoms with van der Waals surface area (Å²) in [5, 5.41) is 0.626. The lowest BCUT2D eigenvalue weighted by Crippen LogP contribution is -2.67. The van der Waals surface area contributed by atoms with Gasteiger partial charge in [-0.2, -0.15) is 13.2 Å². The minimum absolute atomic E-state index is 0.0400. The minimum atomic E-state index is -4.79. The molecule has 7 atom stereocenters. The first-order valence-corrected chi connectivity index (χ1v) is 15.0. The van der Waals surface area contributed by atoms with Crippen LogP contribution in [-0.2, 0) is 38.8 Å². The fourth-order valence-electron chi connectivity index (χ4n) is 4.36. The first-order valence-electron chi connectivity index (χ1n) is 13.0. The van der Waals surface area contributed by atoms with Crippen molar-refractivity contribution in [1.82, 2.24) is 9.62 Å². The summed E-state index contributed by atoms with van der Waals surface area (Å²) in [7, 11) is 3.63. The molecule has 2 aliphatic rings. The van der Waals surface area contributed by atoms with E-state index < -0.39 is 58.1 Å². The molecular weight excluding hydrogens is 563 g/mol. The van der Waals surface area contributed by atoms with Crippen molar-refractivity contribution in [2.75, 3.05) is 14.1 Å². The van der Waals surface area contributed by atoms with E-state index in [1.54, 1.807) is 25.7 Å². The maximum absolute atomic E-state index is 14.7. The van der Waals surface area contributed by atoms with E-state index in [4.69, 9.17) is 19.2 Å². The summed E-state index contributed by atoms with van der Waals surface area (Å²) in [6, 6.07) is 15.7. The highest BCUT2D eigenvalue weighted by Crippen LogP contribution is 2.43. The van der Waals surface area contributed by atoms with E-state index in [-0.39, 0.29) is 13.2 Å². The van der Waals surface area contributed by atoms with Crippen LogP contribution in [0.5, 0.6) is 0 Å². The summed E-state index contributed by atoms with van der Waals surface area (Å²) >= 11 is -0.778. The lowest BCUT2D eigenvalue weighted by molar-refractivity contribution is -0.244. The zero-order valence-corrected chi connectivity index (χ0v) is 24.8. The fraction of sp³-hybridized carbons (Fsp3) is 0.536. The molecule has 1 saturated heterocycles. The Morgan fingerprint density at radius 2 is 1.50 bits per heavy atom. The van der Waals surface area contributed by atoms with E-state index >= 15 is 0 Å². The monoisotopic (exact) mass is 599 g/mol. The summed E-state index contributed by atoms with van der Waals surface area (Å²) in [5.74, 6) is 0. The Kier molecular flexibility index (Phi) is 10.1. The topological polar surface area (TPSA) is 78.4 Å². The Morgan fingerprint density at radius 3 is 1.98 bits per heavy atom. The number of hydrogen-bond donors (Lipinski definition) is 1. The molecule has 0 aromatic heterocycles. The molecule has 220 valence electrons. The molecule has 7 nitrogen and oxygen atoms in total. The molecule has 2 unspecified atom stereocenters. The van der Waals surface area contributed by atoms with Crippen LogP contribution < -0.4 is 4.72 Å². The van der Waals surface area contributed by atoms with E-state index in [1.807, 2.05) is 74.8 Å². The molecule has 0 bridgehead atoms. The van der Waals surface area contributed by atoms with Gasteiger partial charge in [0.1, 0.15) is 34.5 Å². The second-order valence-corrected chi connectivity index (χ2v) is 14.0. The van der Waals surface area contributed by atoms with Gasteiger partial charge in [0, 0.05) is 25.5 Å². The minimum Gasteiger partial charge on any atom is -0.598 e. The van der Waals surface area contributed by atoms with Crippen LogP contribution in [-0.4, -0.2) is 75.5 Å². The number of aliphatic imine (C=N–C) groups is 1. The van der Waals surface area contributed by atoms with Gasteiger partial charge in [-0.15, -0.1) is 4.72 Å².